The van der Waals surface area contributed by atoms with Crippen molar-refractivity contribution in [3.63, 3.8) is 0 Å². The van der Waals surface area contributed by atoms with Crippen LogP contribution in [0.15, 0.2) is 51.4 Å². The number of hydrogen-bond donors (Lipinski definition) is 1. The average Bonchev–Trinajstić information content (AvgIpc) is 3.00. The summed E-state index contributed by atoms with van der Waals surface area (Å²) in [6.07, 6.45) is 6.65. The fourth-order valence-corrected chi connectivity index (χ4v) is 60.1. The number of allylic oxidation sites excluding steroid dienone is 5. The molecule has 0 aromatic heterocycles. The van der Waals surface area contributed by atoms with Gasteiger partial charge in [-0.25, -0.2) is 0 Å². The SMILES string of the molecule is Oc1ccc(C2=CC=CC2=C2[Se][Se][Se][Se]2)cc1. The molecule has 0 amide bonds. The number of phenolic OH excluding ortho intramolecular Hbond substituents is 1. The Morgan fingerprint density at radius 1 is 0.941 bits per heavy atom. The fourth-order valence-electron chi connectivity index (χ4n) is 1.68. The number of phenols is 1. The molecule has 1 heterocycles. The Labute approximate surface area is 121 Å². The summed E-state index contributed by atoms with van der Waals surface area (Å²) in [6, 6.07) is 7.57. The van der Waals surface area contributed by atoms with E-state index < -0.39 is 0 Å². The summed E-state index contributed by atoms with van der Waals surface area (Å²) in [6.45, 7) is 0. The van der Waals surface area contributed by atoms with Crippen LogP contribution in [-0.4, -0.2) is 54.0 Å². The van der Waals surface area contributed by atoms with Crippen molar-refractivity contribution >= 4 is 54.4 Å². The predicted molar refractivity (Wildman–Crippen MR) is 75.3 cm³/mol. The fraction of sp³-hybridized carbons (Fsp3) is 0. The summed E-state index contributed by atoms with van der Waals surface area (Å²) in [4.78, 5) is 0. The van der Waals surface area contributed by atoms with Gasteiger partial charge < -0.3 is 0 Å². The molecule has 2 aliphatic rings. The second kappa shape index (κ2) is 5.53. The van der Waals surface area contributed by atoms with Crippen LogP contribution < -0.4 is 0 Å². The first-order valence-corrected chi connectivity index (χ1v) is 19.7. The zero-order chi connectivity index (χ0) is 11.7. The third-order valence-electron chi connectivity index (χ3n) is 2.46. The van der Waals surface area contributed by atoms with Crippen molar-refractivity contribution in [1.29, 1.82) is 0 Å². The first-order chi connectivity index (χ1) is 8.34. The Morgan fingerprint density at radius 2 is 1.65 bits per heavy atom. The van der Waals surface area contributed by atoms with Gasteiger partial charge in [-0.3, -0.25) is 0 Å². The minimum absolute atomic E-state index is 0.343. The third kappa shape index (κ3) is 2.68. The third-order valence-corrected chi connectivity index (χ3v) is 44.7. The predicted octanol–water partition coefficient (Wildman–Crippen LogP) is 1.13. The molecule has 1 aliphatic heterocycles. The van der Waals surface area contributed by atoms with Gasteiger partial charge >= 0.3 is 122 Å². The van der Waals surface area contributed by atoms with Crippen LogP contribution in [0.5, 0.6) is 5.75 Å². The summed E-state index contributed by atoms with van der Waals surface area (Å²) in [7, 11) is 0. The summed E-state index contributed by atoms with van der Waals surface area (Å²) in [5, 5.41) is 9.34. The van der Waals surface area contributed by atoms with E-state index in [9.17, 15) is 5.11 Å². The second-order valence-corrected chi connectivity index (χ2v) is 29.8. The van der Waals surface area contributed by atoms with Crippen molar-refractivity contribution in [2.24, 2.45) is 0 Å². The number of hydrogen-bond acceptors (Lipinski definition) is 1. The molecule has 0 spiro atoms. The van der Waals surface area contributed by atoms with Crippen LogP contribution in [0.1, 0.15) is 5.56 Å². The molecule has 0 radical (unpaired) electrons. The number of rotatable bonds is 1. The zero-order valence-electron chi connectivity index (χ0n) is 8.62. The quantitative estimate of drug-likeness (QED) is 0.594. The Hall–Kier alpha value is 0.318. The molecular weight excluding hydrogens is 476 g/mol. The van der Waals surface area contributed by atoms with Gasteiger partial charge in [0.25, 0.3) is 0 Å². The van der Waals surface area contributed by atoms with Gasteiger partial charge in [0, 0.05) is 0 Å². The molecule has 0 atom stereocenters. The van der Waals surface area contributed by atoms with E-state index >= 15 is 0 Å². The Balaban J connectivity index is 1.98. The van der Waals surface area contributed by atoms with E-state index in [1.165, 1.54) is 16.7 Å². The molecular formula is C12H8OSe4. The molecule has 17 heavy (non-hydrogen) atoms. The van der Waals surface area contributed by atoms with E-state index in [2.05, 4.69) is 18.2 Å². The van der Waals surface area contributed by atoms with Crippen molar-refractivity contribution in [3.8, 4) is 5.75 Å². The van der Waals surface area contributed by atoms with Gasteiger partial charge in [0.05, 0.1) is 0 Å². The van der Waals surface area contributed by atoms with Gasteiger partial charge in [0.15, 0.2) is 0 Å². The van der Waals surface area contributed by atoms with Gasteiger partial charge in [-0.05, 0) is 0 Å². The Bertz CT molecular complexity index is 520. The van der Waals surface area contributed by atoms with Crippen molar-refractivity contribution in [1.82, 2.24) is 0 Å². The summed E-state index contributed by atoms with van der Waals surface area (Å²) in [5.74, 6) is 0.343. The van der Waals surface area contributed by atoms with Gasteiger partial charge in [-0.15, -0.1) is 0 Å². The van der Waals surface area contributed by atoms with Crippen LogP contribution in [-0.2, 0) is 0 Å². The first-order valence-electron chi connectivity index (χ1n) is 4.95. The molecule has 0 saturated carbocycles. The average molecular weight is 484 g/mol. The van der Waals surface area contributed by atoms with Crippen molar-refractivity contribution < 1.29 is 5.11 Å². The molecule has 1 aromatic rings. The molecule has 1 fully saturated rings. The van der Waals surface area contributed by atoms with Crippen LogP contribution in [0.2, 0.25) is 0 Å². The molecule has 1 saturated heterocycles. The van der Waals surface area contributed by atoms with Gasteiger partial charge in [0.2, 0.25) is 0 Å². The van der Waals surface area contributed by atoms with Gasteiger partial charge in [-0.2, -0.15) is 0 Å². The molecule has 1 nitrogen and oxygen atoms in total. The molecule has 86 valence electrons. The van der Waals surface area contributed by atoms with Gasteiger partial charge in [0.1, 0.15) is 0 Å². The molecule has 1 aliphatic carbocycles. The molecule has 0 bridgehead atoms. The Morgan fingerprint density at radius 3 is 2.35 bits per heavy atom. The van der Waals surface area contributed by atoms with E-state index in [4.69, 9.17) is 0 Å². The first kappa shape index (κ1) is 12.4. The maximum atomic E-state index is 9.34. The van der Waals surface area contributed by atoms with Crippen LogP contribution in [0.3, 0.4) is 0 Å². The number of aromatic hydroxyl groups is 1. The van der Waals surface area contributed by atoms with Crippen LogP contribution in [0.25, 0.3) is 5.57 Å². The standard InChI is InChI=1S/C12H8OSe4/c13-9-6-4-8(5-7-9)10-2-1-3-11(10)12-14-16-17-15-12/h1-7,13H. The topological polar surface area (TPSA) is 20.2 Å². The van der Waals surface area contributed by atoms with E-state index in [0.29, 0.717) is 5.75 Å². The van der Waals surface area contributed by atoms with Crippen molar-refractivity contribution in [2.75, 3.05) is 0 Å². The summed E-state index contributed by atoms with van der Waals surface area (Å²) in [5.41, 5.74) is 4.09. The second-order valence-electron chi connectivity index (χ2n) is 3.49. The molecule has 1 aromatic carbocycles. The van der Waals surface area contributed by atoms with Crippen molar-refractivity contribution in [2.45, 2.75) is 0 Å². The molecule has 3 rings (SSSR count). The zero-order valence-corrected chi connectivity index (χ0v) is 15.5. The Kier molecular flexibility index (Phi) is 4.02. The van der Waals surface area contributed by atoms with Crippen LogP contribution in [0.4, 0.5) is 0 Å². The summed E-state index contributed by atoms with van der Waals surface area (Å²) < 4.78 is 1.78. The van der Waals surface area contributed by atoms with Crippen LogP contribution >= 0.6 is 0 Å². The van der Waals surface area contributed by atoms with Crippen molar-refractivity contribution in [3.05, 3.63) is 57.0 Å². The number of benzene rings is 1. The van der Waals surface area contributed by atoms with Crippen LogP contribution in [0, 0.1) is 0 Å². The van der Waals surface area contributed by atoms with E-state index in [-0.39, 0.29) is 0 Å². The van der Waals surface area contributed by atoms with Gasteiger partial charge in [-0.1, -0.05) is 0 Å². The maximum absolute atomic E-state index is 9.34. The van der Waals surface area contributed by atoms with E-state index in [0.717, 1.165) is 48.9 Å². The summed E-state index contributed by atoms with van der Waals surface area (Å²) >= 11 is 3.57. The monoisotopic (exact) mass is 488 g/mol. The molecule has 1 N–H and O–H groups in total. The van der Waals surface area contributed by atoms with E-state index in [1.54, 1.807) is 15.5 Å². The molecule has 5 heteroatoms. The minimum atomic E-state index is 0.343. The molecule has 0 unspecified atom stereocenters. The van der Waals surface area contributed by atoms with E-state index in [1.807, 2.05) is 12.1 Å². The normalized spacial score (nSPS) is 18.9.